The maximum absolute atomic E-state index is 12.8. The lowest BCUT2D eigenvalue weighted by Gasteiger charge is -2.21. The summed E-state index contributed by atoms with van der Waals surface area (Å²) < 4.78 is 60.4. The van der Waals surface area contributed by atoms with E-state index in [4.69, 9.17) is 32.3 Å². The van der Waals surface area contributed by atoms with Crippen LogP contribution in [0.25, 0.3) is 0 Å². The zero-order valence-corrected chi connectivity index (χ0v) is 48.2. The number of ether oxygens (including phenoxy) is 3. The third-order valence-corrected chi connectivity index (χ3v) is 13.5. The van der Waals surface area contributed by atoms with Gasteiger partial charge in [-0.2, -0.15) is 0 Å². The second kappa shape index (κ2) is 52.0. The summed E-state index contributed by atoms with van der Waals surface area (Å²) in [5.41, 5.74) is 0. The van der Waals surface area contributed by atoms with Crippen molar-refractivity contribution in [1.29, 1.82) is 0 Å². The third kappa shape index (κ3) is 53.1. The number of esters is 3. The molecule has 5 atom stereocenters. The van der Waals surface area contributed by atoms with Crippen LogP contribution >= 0.6 is 15.6 Å². The molecule has 4 N–H and O–H groups in total. The number of phosphoric ester groups is 2. The molecule has 0 aromatic rings. The Morgan fingerprint density at radius 3 is 1.11 bits per heavy atom. The van der Waals surface area contributed by atoms with E-state index in [-0.39, 0.29) is 19.3 Å². The second-order valence-corrected chi connectivity index (χ2v) is 22.0. The van der Waals surface area contributed by atoms with Gasteiger partial charge in [-0.05, 0) is 96.3 Å². The van der Waals surface area contributed by atoms with Crippen molar-refractivity contribution >= 4 is 33.6 Å². The van der Waals surface area contributed by atoms with Crippen molar-refractivity contribution in [2.75, 3.05) is 39.6 Å². The normalized spacial score (nSPS) is 15.0. The van der Waals surface area contributed by atoms with E-state index < -0.39 is 91.5 Å². The molecule has 0 aromatic carbocycles. The maximum atomic E-state index is 12.8. The van der Waals surface area contributed by atoms with Gasteiger partial charge in [0, 0.05) is 19.3 Å². The highest BCUT2D eigenvalue weighted by Gasteiger charge is 2.29. The van der Waals surface area contributed by atoms with Gasteiger partial charge in [0.25, 0.3) is 0 Å². The molecule has 0 fully saturated rings. The molecule has 16 nitrogen and oxygen atoms in total. The fourth-order valence-corrected chi connectivity index (χ4v) is 8.81. The Kier molecular flexibility index (Phi) is 50.1. The standard InChI is InChI=1S/C57H102O16P2/c1-4-7-10-13-16-19-22-25-28-31-34-37-40-43-55(60)67-46-52(58)47-69-74(63,64)70-48-53(59)49-71-75(65,66)72-51-54(73-57(62)45-42-39-36-33-30-27-24-21-18-15-12-9-6-3)50-68-56(61)44-41-38-35-32-29-26-23-20-17-14-11-8-5-2/h10-11,13-14,19-24,52-54,58-59H,4-9,12,15-18,25-51H2,1-3H3,(H,63,64)(H,65,66)/b13-10-,14-11-,22-19-,23-20-,24-21-. The Labute approximate surface area is 452 Å². The quantitative estimate of drug-likeness (QED) is 0.0146. The lowest BCUT2D eigenvalue weighted by molar-refractivity contribution is -0.161. The first-order chi connectivity index (χ1) is 36.2. The number of phosphoric acid groups is 2. The van der Waals surface area contributed by atoms with Gasteiger partial charge >= 0.3 is 33.6 Å². The molecule has 0 rings (SSSR count). The topological polar surface area (TPSA) is 231 Å². The van der Waals surface area contributed by atoms with Crippen LogP contribution in [0, 0.1) is 0 Å². The molecule has 0 aliphatic carbocycles. The van der Waals surface area contributed by atoms with E-state index in [9.17, 15) is 43.5 Å². The SMILES string of the molecule is CCC/C=C\C/C=C\CCCCCCCC(=O)OCC(O)COP(=O)(O)OCC(O)COP(=O)(O)OCC(COC(=O)CCCCCCC/C=C\C/C=C\CCC)OC(=O)CCCCCCC/C=C\CCCCCC. The van der Waals surface area contributed by atoms with Gasteiger partial charge in [-0.25, -0.2) is 9.13 Å². The van der Waals surface area contributed by atoms with Gasteiger partial charge in [-0.3, -0.25) is 32.5 Å². The molecule has 0 bridgehead atoms. The largest absolute Gasteiger partial charge is 0.472 e. The Morgan fingerprint density at radius 2 is 0.693 bits per heavy atom. The summed E-state index contributed by atoms with van der Waals surface area (Å²) in [5.74, 6) is -1.61. The lowest BCUT2D eigenvalue weighted by Crippen LogP contribution is -2.30. The molecule has 0 saturated carbocycles. The zero-order chi connectivity index (χ0) is 55.4. The van der Waals surface area contributed by atoms with Crippen LogP contribution in [0.15, 0.2) is 60.8 Å². The van der Waals surface area contributed by atoms with Crippen molar-refractivity contribution in [3.63, 3.8) is 0 Å². The van der Waals surface area contributed by atoms with E-state index in [1.165, 1.54) is 25.7 Å². The summed E-state index contributed by atoms with van der Waals surface area (Å²) in [6.45, 7) is 2.44. The van der Waals surface area contributed by atoms with Crippen LogP contribution in [0.2, 0.25) is 0 Å². The minimum atomic E-state index is -4.91. The molecule has 0 amide bonds. The van der Waals surface area contributed by atoms with Crippen molar-refractivity contribution in [1.82, 2.24) is 0 Å². The highest BCUT2D eigenvalue weighted by atomic mass is 31.2. The molecule has 5 unspecified atom stereocenters. The number of aliphatic hydroxyl groups is 2. The molecule has 0 aliphatic heterocycles. The van der Waals surface area contributed by atoms with E-state index >= 15 is 0 Å². The number of rotatable bonds is 54. The second-order valence-electron chi connectivity index (χ2n) is 19.1. The predicted molar refractivity (Wildman–Crippen MR) is 298 cm³/mol. The van der Waals surface area contributed by atoms with Crippen LogP contribution in [-0.4, -0.2) is 95.9 Å². The highest BCUT2D eigenvalue weighted by molar-refractivity contribution is 7.47. The van der Waals surface area contributed by atoms with Gasteiger partial charge < -0.3 is 34.2 Å². The summed E-state index contributed by atoms with van der Waals surface area (Å²) >= 11 is 0. The summed E-state index contributed by atoms with van der Waals surface area (Å²) in [6.07, 6.45) is 47.3. The van der Waals surface area contributed by atoms with Crippen molar-refractivity contribution < 1.29 is 75.8 Å². The van der Waals surface area contributed by atoms with E-state index in [0.717, 1.165) is 141 Å². The first-order valence-electron chi connectivity index (χ1n) is 28.6. The number of allylic oxidation sites excluding steroid dienone is 10. The predicted octanol–water partition coefficient (Wildman–Crippen LogP) is 14.3. The Bertz CT molecular complexity index is 1630. The molecule has 18 heteroatoms. The van der Waals surface area contributed by atoms with Crippen molar-refractivity contribution in [3.8, 4) is 0 Å². The van der Waals surface area contributed by atoms with Crippen LogP contribution < -0.4 is 0 Å². The number of carbonyl (C=O) groups excluding carboxylic acids is 3. The Morgan fingerprint density at radius 1 is 0.373 bits per heavy atom. The molecule has 0 aromatic heterocycles. The molecule has 0 saturated heterocycles. The van der Waals surface area contributed by atoms with Gasteiger partial charge in [-0.15, -0.1) is 0 Å². The number of carbonyl (C=O) groups is 3. The first kappa shape index (κ1) is 72.2. The lowest BCUT2D eigenvalue weighted by atomic mass is 10.1. The fourth-order valence-electron chi connectivity index (χ4n) is 7.23. The summed E-state index contributed by atoms with van der Waals surface area (Å²) in [5, 5.41) is 20.4. The van der Waals surface area contributed by atoms with Crippen molar-refractivity contribution in [2.45, 2.75) is 245 Å². The number of hydrogen-bond donors (Lipinski definition) is 4. The first-order valence-corrected chi connectivity index (χ1v) is 31.6. The summed E-state index contributed by atoms with van der Waals surface area (Å²) in [6, 6.07) is 0. The molecular formula is C57H102O16P2. The maximum Gasteiger partial charge on any atom is 0.472 e. The van der Waals surface area contributed by atoms with Crippen LogP contribution in [0.4, 0.5) is 0 Å². The number of aliphatic hydroxyl groups excluding tert-OH is 2. The zero-order valence-electron chi connectivity index (χ0n) is 46.5. The van der Waals surface area contributed by atoms with Crippen LogP contribution in [0.5, 0.6) is 0 Å². The van der Waals surface area contributed by atoms with E-state index in [1.807, 2.05) is 0 Å². The average molecular weight is 1110 g/mol. The van der Waals surface area contributed by atoms with E-state index in [0.29, 0.717) is 19.3 Å². The Hall–Kier alpha value is -2.75. The fraction of sp³-hybridized carbons (Fsp3) is 0.772. The Balaban J connectivity index is 4.74. The molecule has 75 heavy (non-hydrogen) atoms. The highest BCUT2D eigenvalue weighted by Crippen LogP contribution is 2.45. The van der Waals surface area contributed by atoms with Crippen molar-refractivity contribution in [2.24, 2.45) is 0 Å². The molecule has 0 spiro atoms. The van der Waals surface area contributed by atoms with Gasteiger partial charge in [0.1, 0.15) is 25.4 Å². The third-order valence-electron chi connectivity index (χ3n) is 11.6. The smallest absolute Gasteiger partial charge is 0.463 e. The van der Waals surface area contributed by atoms with Crippen LogP contribution in [0.1, 0.15) is 226 Å². The molecule has 0 radical (unpaired) electrons. The molecule has 0 heterocycles. The van der Waals surface area contributed by atoms with Crippen LogP contribution in [-0.2, 0) is 55.8 Å². The van der Waals surface area contributed by atoms with Gasteiger partial charge in [-0.1, -0.05) is 171 Å². The molecule has 436 valence electrons. The van der Waals surface area contributed by atoms with Gasteiger partial charge in [0.2, 0.25) is 0 Å². The van der Waals surface area contributed by atoms with Crippen LogP contribution in [0.3, 0.4) is 0 Å². The number of unbranched alkanes of at least 4 members (excludes halogenated alkanes) is 21. The van der Waals surface area contributed by atoms with Crippen molar-refractivity contribution in [3.05, 3.63) is 60.8 Å². The van der Waals surface area contributed by atoms with E-state index in [1.54, 1.807) is 0 Å². The number of hydrogen-bond acceptors (Lipinski definition) is 14. The average Bonchev–Trinajstić information content (AvgIpc) is 3.38. The monoisotopic (exact) mass is 1100 g/mol. The van der Waals surface area contributed by atoms with Gasteiger partial charge in [0.05, 0.1) is 26.4 Å². The minimum absolute atomic E-state index is 0.0926. The summed E-state index contributed by atoms with van der Waals surface area (Å²) in [4.78, 5) is 57.9. The molecular weight excluding hydrogens is 1000 g/mol. The minimum Gasteiger partial charge on any atom is -0.463 e. The van der Waals surface area contributed by atoms with E-state index in [2.05, 4.69) is 81.5 Å². The molecule has 0 aliphatic rings. The summed E-state index contributed by atoms with van der Waals surface area (Å²) in [7, 11) is -9.75. The van der Waals surface area contributed by atoms with Gasteiger partial charge in [0.15, 0.2) is 6.10 Å².